The van der Waals surface area contributed by atoms with Gasteiger partial charge in [0.05, 0.1) is 17.8 Å². The van der Waals surface area contributed by atoms with Crippen LogP contribution in [0.2, 0.25) is 0 Å². The zero-order valence-electron chi connectivity index (χ0n) is 7.93. The smallest absolute Gasteiger partial charge is 0.351 e. The number of nitrogens with one attached hydrogen (secondary N) is 1. The monoisotopic (exact) mass is 218 g/mol. The SMILES string of the molecule is CC(=O)NCc1ccc(C(F)(F)F)cn1. The molecule has 1 aromatic heterocycles. The Bertz CT molecular complexity index is 345. The molecule has 0 bridgehead atoms. The number of halogens is 3. The Labute approximate surface area is 84.3 Å². The van der Waals surface area contributed by atoms with Gasteiger partial charge >= 0.3 is 6.18 Å². The van der Waals surface area contributed by atoms with E-state index in [-0.39, 0.29) is 12.5 Å². The van der Waals surface area contributed by atoms with Crippen LogP contribution in [0.25, 0.3) is 0 Å². The average molecular weight is 218 g/mol. The van der Waals surface area contributed by atoms with E-state index in [0.29, 0.717) is 5.69 Å². The second-order valence-corrected chi connectivity index (χ2v) is 2.95. The molecule has 0 spiro atoms. The number of carbonyl (C=O) groups is 1. The maximum atomic E-state index is 12.1. The minimum absolute atomic E-state index is 0.132. The molecule has 0 radical (unpaired) electrons. The van der Waals surface area contributed by atoms with Crippen molar-refractivity contribution in [2.45, 2.75) is 19.6 Å². The molecule has 0 aliphatic heterocycles. The van der Waals surface area contributed by atoms with Crippen molar-refractivity contribution < 1.29 is 18.0 Å². The Kier molecular flexibility index (Phi) is 3.28. The van der Waals surface area contributed by atoms with Crippen molar-refractivity contribution in [3.8, 4) is 0 Å². The van der Waals surface area contributed by atoms with Gasteiger partial charge in [-0.1, -0.05) is 0 Å². The average Bonchev–Trinajstić information content (AvgIpc) is 2.14. The fourth-order valence-electron chi connectivity index (χ4n) is 0.912. The second kappa shape index (κ2) is 4.29. The largest absolute Gasteiger partial charge is 0.417 e. The molecule has 0 saturated carbocycles. The number of hydrogen-bond acceptors (Lipinski definition) is 2. The van der Waals surface area contributed by atoms with Crippen LogP contribution in [0.5, 0.6) is 0 Å². The van der Waals surface area contributed by atoms with E-state index in [9.17, 15) is 18.0 Å². The van der Waals surface area contributed by atoms with Crippen molar-refractivity contribution in [2.24, 2.45) is 0 Å². The predicted molar refractivity (Wildman–Crippen MR) is 46.8 cm³/mol. The second-order valence-electron chi connectivity index (χ2n) is 2.95. The van der Waals surface area contributed by atoms with Crippen LogP contribution in [0, 0.1) is 0 Å². The van der Waals surface area contributed by atoms with E-state index in [0.717, 1.165) is 12.3 Å². The lowest BCUT2D eigenvalue weighted by atomic mass is 10.2. The first-order valence-corrected chi connectivity index (χ1v) is 4.16. The fourth-order valence-corrected chi connectivity index (χ4v) is 0.912. The lowest BCUT2D eigenvalue weighted by Crippen LogP contribution is -2.19. The number of rotatable bonds is 2. The Morgan fingerprint density at radius 3 is 2.53 bits per heavy atom. The molecule has 1 rings (SSSR count). The highest BCUT2D eigenvalue weighted by atomic mass is 19.4. The number of aromatic nitrogens is 1. The van der Waals surface area contributed by atoms with Crippen molar-refractivity contribution in [3.05, 3.63) is 29.6 Å². The summed E-state index contributed by atoms with van der Waals surface area (Å²) >= 11 is 0. The number of alkyl halides is 3. The summed E-state index contributed by atoms with van der Waals surface area (Å²) in [6.07, 6.45) is -3.63. The molecule has 3 nitrogen and oxygen atoms in total. The maximum Gasteiger partial charge on any atom is 0.417 e. The van der Waals surface area contributed by atoms with Crippen molar-refractivity contribution in [2.75, 3.05) is 0 Å². The number of pyridine rings is 1. The topological polar surface area (TPSA) is 42.0 Å². The summed E-state index contributed by atoms with van der Waals surface area (Å²) in [6.45, 7) is 1.46. The van der Waals surface area contributed by atoms with E-state index in [1.165, 1.54) is 13.0 Å². The molecule has 1 aromatic rings. The minimum Gasteiger partial charge on any atom is -0.351 e. The van der Waals surface area contributed by atoms with Gasteiger partial charge in [0.2, 0.25) is 5.91 Å². The molecule has 0 unspecified atom stereocenters. The van der Waals surface area contributed by atoms with Crippen LogP contribution in [0.1, 0.15) is 18.2 Å². The van der Waals surface area contributed by atoms with E-state index in [4.69, 9.17) is 0 Å². The molecule has 82 valence electrons. The van der Waals surface area contributed by atoms with E-state index < -0.39 is 11.7 Å². The van der Waals surface area contributed by atoms with Crippen LogP contribution >= 0.6 is 0 Å². The zero-order valence-corrected chi connectivity index (χ0v) is 7.93. The summed E-state index contributed by atoms with van der Waals surface area (Å²) in [7, 11) is 0. The summed E-state index contributed by atoms with van der Waals surface area (Å²) in [5, 5.41) is 2.44. The maximum absolute atomic E-state index is 12.1. The van der Waals surface area contributed by atoms with Gasteiger partial charge in [-0.2, -0.15) is 13.2 Å². The molecule has 0 atom stereocenters. The standard InChI is InChI=1S/C9H9F3N2O/c1-6(15)13-5-8-3-2-7(4-14-8)9(10,11)12/h2-4H,5H2,1H3,(H,13,15). The molecule has 0 aliphatic carbocycles. The number of amides is 1. The van der Waals surface area contributed by atoms with Gasteiger partial charge < -0.3 is 5.32 Å². The minimum atomic E-state index is -4.38. The Morgan fingerprint density at radius 2 is 2.13 bits per heavy atom. The van der Waals surface area contributed by atoms with Gasteiger partial charge in [0, 0.05) is 13.1 Å². The molecule has 0 aromatic carbocycles. The molecule has 6 heteroatoms. The van der Waals surface area contributed by atoms with Gasteiger partial charge in [0.25, 0.3) is 0 Å². The Balaban J connectivity index is 2.69. The third-order valence-electron chi connectivity index (χ3n) is 1.67. The summed E-state index contributed by atoms with van der Waals surface area (Å²) in [5.41, 5.74) is -0.410. The van der Waals surface area contributed by atoms with Gasteiger partial charge in [-0.15, -0.1) is 0 Å². The first-order valence-electron chi connectivity index (χ1n) is 4.16. The van der Waals surface area contributed by atoms with Crippen molar-refractivity contribution in [1.29, 1.82) is 0 Å². The van der Waals surface area contributed by atoms with Gasteiger partial charge in [-0.3, -0.25) is 9.78 Å². The fraction of sp³-hybridized carbons (Fsp3) is 0.333. The molecule has 15 heavy (non-hydrogen) atoms. The highest BCUT2D eigenvalue weighted by molar-refractivity contribution is 5.72. The van der Waals surface area contributed by atoms with E-state index >= 15 is 0 Å². The highest BCUT2D eigenvalue weighted by Gasteiger charge is 2.30. The molecule has 1 amide bonds. The quantitative estimate of drug-likeness (QED) is 0.821. The van der Waals surface area contributed by atoms with Crippen LogP contribution in [-0.4, -0.2) is 10.9 Å². The van der Waals surface area contributed by atoms with Gasteiger partial charge in [-0.25, -0.2) is 0 Å². The summed E-state index contributed by atoms with van der Waals surface area (Å²) in [6, 6.07) is 2.17. The number of carbonyl (C=O) groups excluding carboxylic acids is 1. The molecule has 0 saturated heterocycles. The molecule has 1 heterocycles. The molecule has 1 N–H and O–H groups in total. The first kappa shape index (κ1) is 11.5. The lowest BCUT2D eigenvalue weighted by molar-refractivity contribution is -0.137. The Hall–Kier alpha value is -1.59. The van der Waals surface area contributed by atoms with E-state index in [1.807, 2.05) is 0 Å². The molecular weight excluding hydrogens is 209 g/mol. The third kappa shape index (κ3) is 3.57. The molecular formula is C9H9F3N2O. The van der Waals surface area contributed by atoms with Gasteiger partial charge in [0.1, 0.15) is 0 Å². The van der Waals surface area contributed by atoms with Crippen LogP contribution in [0.4, 0.5) is 13.2 Å². The van der Waals surface area contributed by atoms with Crippen LogP contribution in [0.15, 0.2) is 18.3 Å². The highest BCUT2D eigenvalue weighted by Crippen LogP contribution is 2.28. The normalized spacial score (nSPS) is 11.2. The molecule has 0 fully saturated rings. The number of hydrogen-bond donors (Lipinski definition) is 1. The van der Waals surface area contributed by atoms with E-state index in [1.54, 1.807) is 0 Å². The number of nitrogens with zero attached hydrogens (tertiary/aromatic N) is 1. The van der Waals surface area contributed by atoms with Crippen LogP contribution in [0.3, 0.4) is 0 Å². The van der Waals surface area contributed by atoms with Gasteiger partial charge in [0.15, 0.2) is 0 Å². The summed E-state index contributed by atoms with van der Waals surface area (Å²) < 4.78 is 36.4. The third-order valence-corrected chi connectivity index (χ3v) is 1.67. The molecule has 0 aliphatic rings. The summed E-state index contributed by atoms with van der Waals surface area (Å²) in [4.78, 5) is 14.1. The zero-order chi connectivity index (χ0) is 11.5. The van der Waals surface area contributed by atoms with Crippen LogP contribution < -0.4 is 5.32 Å². The van der Waals surface area contributed by atoms with Crippen molar-refractivity contribution in [3.63, 3.8) is 0 Å². The first-order chi connectivity index (χ1) is 6.89. The van der Waals surface area contributed by atoms with Gasteiger partial charge in [-0.05, 0) is 12.1 Å². The predicted octanol–water partition coefficient (Wildman–Crippen LogP) is 1.74. The van der Waals surface area contributed by atoms with Crippen LogP contribution in [-0.2, 0) is 17.5 Å². The van der Waals surface area contributed by atoms with Crippen molar-refractivity contribution in [1.82, 2.24) is 10.3 Å². The summed E-state index contributed by atoms with van der Waals surface area (Å²) in [5.74, 6) is -0.253. The Morgan fingerprint density at radius 1 is 1.47 bits per heavy atom. The van der Waals surface area contributed by atoms with E-state index in [2.05, 4.69) is 10.3 Å². The lowest BCUT2D eigenvalue weighted by Gasteiger charge is -2.06. The van der Waals surface area contributed by atoms with Crippen molar-refractivity contribution >= 4 is 5.91 Å².